The summed E-state index contributed by atoms with van der Waals surface area (Å²) >= 11 is 0. The van der Waals surface area contributed by atoms with Gasteiger partial charge in [0.05, 0.1) is 10.8 Å². The zero-order valence-corrected chi connectivity index (χ0v) is 17.8. The van der Waals surface area contributed by atoms with Gasteiger partial charge in [-0.25, -0.2) is 17.5 Å². The molecule has 1 aromatic carbocycles. The molecule has 0 unspecified atom stereocenters. The number of halogens is 1. The lowest BCUT2D eigenvalue weighted by Gasteiger charge is -2.53. The molecule has 162 valence electrons. The van der Waals surface area contributed by atoms with E-state index in [1.54, 1.807) is 0 Å². The average molecular weight is 434 g/mol. The molecule has 7 rings (SSSR count). The predicted octanol–water partition coefficient (Wildman–Crippen LogP) is 4.13. The van der Waals surface area contributed by atoms with Crippen molar-refractivity contribution in [3.8, 4) is 5.75 Å². The molecule has 6 fully saturated rings. The number of amides is 1. The number of benzene rings is 1. The van der Waals surface area contributed by atoms with Gasteiger partial charge in [-0.1, -0.05) is 0 Å². The first-order valence-electron chi connectivity index (χ1n) is 11.4. The van der Waals surface area contributed by atoms with Crippen LogP contribution in [0.2, 0.25) is 0 Å². The molecule has 0 saturated heterocycles. The number of rotatable bonds is 6. The van der Waals surface area contributed by atoms with Crippen LogP contribution in [0, 0.1) is 29.5 Å². The van der Waals surface area contributed by atoms with Crippen molar-refractivity contribution in [2.75, 3.05) is 0 Å². The van der Waals surface area contributed by atoms with Crippen LogP contribution in [0.5, 0.6) is 5.75 Å². The lowest BCUT2D eigenvalue weighted by Crippen LogP contribution is -2.50. The van der Waals surface area contributed by atoms with Crippen molar-refractivity contribution in [1.82, 2.24) is 4.72 Å². The molecule has 4 bridgehead atoms. The molecule has 6 saturated carbocycles. The lowest BCUT2D eigenvalue weighted by molar-refractivity contribution is -0.0793. The van der Waals surface area contributed by atoms with Gasteiger partial charge in [-0.05, 0) is 99.0 Å². The maximum absolute atomic E-state index is 14.9. The molecule has 6 aliphatic carbocycles. The first kappa shape index (κ1) is 19.1. The van der Waals surface area contributed by atoms with Crippen LogP contribution in [0.3, 0.4) is 0 Å². The zero-order valence-electron chi connectivity index (χ0n) is 17.0. The van der Waals surface area contributed by atoms with Crippen LogP contribution in [0.4, 0.5) is 4.39 Å². The second kappa shape index (κ2) is 6.68. The second-order valence-corrected chi connectivity index (χ2v) is 12.3. The molecule has 0 heterocycles. The summed E-state index contributed by atoms with van der Waals surface area (Å²) in [6.07, 6.45) is 9.48. The van der Waals surface area contributed by atoms with E-state index in [9.17, 15) is 17.6 Å². The Morgan fingerprint density at radius 1 is 0.967 bits per heavy atom. The van der Waals surface area contributed by atoms with Crippen molar-refractivity contribution in [2.45, 2.75) is 75.1 Å². The van der Waals surface area contributed by atoms with Crippen molar-refractivity contribution >= 4 is 15.9 Å². The summed E-state index contributed by atoms with van der Waals surface area (Å²) in [4.78, 5) is 12.5. The van der Waals surface area contributed by atoms with Crippen molar-refractivity contribution < 1.29 is 22.3 Å². The number of carbonyl (C=O) groups is 1. The number of hydrogen-bond acceptors (Lipinski definition) is 4. The fourth-order valence-electron chi connectivity index (χ4n) is 6.42. The molecule has 7 heteroatoms. The highest BCUT2D eigenvalue weighted by Crippen LogP contribution is 2.55. The summed E-state index contributed by atoms with van der Waals surface area (Å²) in [5.41, 5.74) is 0.665. The molecular formula is C23H28FNO4S. The number of sulfonamides is 1. The minimum absolute atomic E-state index is 0.143. The molecule has 0 aliphatic heterocycles. The van der Waals surface area contributed by atoms with E-state index in [1.807, 2.05) is 0 Å². The molecule has 30 heavy (non-hydrogen) atoms. The van der Waals surface area contributed by atoms with Gasteiger partial charge in [0, 0.05) is 6.07 Å². The third-order valence-electron chi connectivity index (χ3n) is 7.96. The molecule has 0 radical (unpaired) electrons. The molecule has 0 aromatic heterocycles. The number of hydrogen-bond donors (Lipinski definition) is 1. The van der Waals surface area contributed by atoms with Crippen LogP contribution in [0.25, 0.3) is 0 Å². The Kier molecular flexibility index (Phi) is 4.25. The smallest absolute Gasteiger partial charge is 0.267 e. The van der Waals surface area contributed by atoms with E-state index in [2.05, 4.69) is 4.72 Å². The maximum Gasteiger partial charge on any atom is 0.267 e. The van der Waals surface area contributed by atoms with Gasteiger partial charge in [-0.2, -0.15) is 0 Å². The number of carbonyl (C=O) groups excluding carboxylic acids is 1. The molecule has 1 aromatic rings. The molecular weight excluding hydrogens is 405 g/mol. The average Bonchev–Trinajstić information content (AvgIpc) is 3.55. The molecule has 0 spiro atoms. The number of ether oxygens (including phenoxy) is 1. The Hall–Kier alpha value is -1.63. The first-order valence-corrected chi connectivity index (χ1v) is 13.0. The monoisotopic (exact) mass is 433 g/mol. The van der Waals surface area contributed by atoms with E-state index in [1.165, 1.54) is 44.2 Å². The summed E-state index contributed by atoms with van der Waals surface area (Å²) in [6, 6.07) is 2.87. The fraction of sp³-hybridized carbons (Fsp3) is 0.696. The van der Waals surface area contributed by atoms with E-state index in [0.29, 0.717) is 30.4 Å². The molecule has 6 aliphatic rings. The molecule has 1 N–H and O–H groups in total. The van der Waals surface area contributed by atoms with Crippen LogP contribution < -0.4 is 9.46 Å². The van der Waals surface area contributed by atoms with Gasteiger partial charge < -0.3 is 4.74 Å². The van der Waals surface area contributed by atoms with Crippen molar-refractivity contribution in [1.29, 1.82) is 0 Å². The molecule has 0 atom stereocenters. The third kappa shape index (κ3) is 3.33. The normalized spacial score (nSPS) is 34.8. The first-order chi connectivity index (χ1) is 14.4. The highest BCUT2D eigenvalue weighted by molar-refractivity contribution is 7.91. The summed E-state index contributed by atoms with van der Waals surface area (Å²) < 4.78 is 47.7. The lowest BCUT2D eigenvalue weighted by atomic mass is 9.55. The SMILES string of the molecule is O=C(NS(=O)(=O)C1CC1)c1cc(C2CC2)c(OC2C3CC4CC(C3)CC2C4)cc1F. The minimum atomic E-state index is -3.71. The van der Waals surface area contributed by atoms with Crippen LogP contribution in [-0.4, -0.2) is 25.7 Å². The summed E-state index contributed by atoms with van der Waals surface area (Å²) in [6.45, 7) is 0. The Labute approximate surface area is 176 Å². The highest BCUT2D eigenvalue weighted by Gasteiger charge is 2.49. The number of nitrogens with one attached hydrogen (secondary N) is 1. The summed E-state index contributed by atoms with van der Waals surface area (Å²) in [5.74, 6) is 2.05. The van der Waals surface area contributed by atoms with Gasteiger partial charge >= 0.3 is 0 Å². The van der Waals surface area contributed by atoms with Gasteiger partial charge in [0.1, 0.15) is 17.7 Å². The van der Waals surface area contributed by atoms with Gasteiger partial charge in [0.15, 0.2) is 0 Å². The van der Waals surface area contributed by atoms with Crippen LogP contribution in [-0.2, 0) is 10.0 Å². The Balaban J connectivity index is 1.27. The fourth-order valence-corrected chi connectivity index (χ4v) is 7.71. The largest absolute Gasteiger partial charge is 0.489 e. The minimum Gasteiger partial charge on any atom is -0.489 e. The van der Waals surface area contributed by atoms with E-state index in [4.69, 9.17) is 4.74 Å². The van der Waals surface area contributed by atoms with Crippen molar-refractivity contribution in [3.63, 3.8) is 0 Å². The molecule has 5 nitrogen and oxygen atoms in total. The van der Waals surface area contributed by atoms with Crippen molar-refractivity contribution in [3.05, 3.63) is 29.1 Å². The highest BCUT2D eigenvalue weighted by atomic mass is 32.2. The Bertz CT molecular complexity index is 971. The standard InChI is InChI=1S/C23H28FNO4S/c24-20-11-21(29-22-15-6-12-5-13(8-15)9-16(22)7-12)18(14-1-2-14)10-19(20)23(26)25-30(27,28)17-3-4-17/h10-17,22H,1-9H2,(H,25,26). The second-order valence-electron chi connectivity index (χ2n) is 10.3. The molecule has 1 amide bonds. The van der Waals surface area contributed by atoms with E-state index < -0.39 is 27.0 Å². The van der Waals surface area contributed by atoms with Gasteiger partial charge in [0.25, 0.3) is 5.91 Å². The third-order valence-corrected chi connectivity index (χ3v) is 9.78. The van der Waals surface area contributed by atoms with Gasteiger partial charge in [0.2, 0.25) is 10.0 Å². The van der Waals surface area contributed by atoms with E-state index >= 15 is 0 Å². The maximum atomic E-state index is 14.9. The van der Waals surface area contributed by atoms with E-state index in [-0.39, 0.29) is 17.6 Å². The van der Waals surface area contributed by atoms with Crippen LogP contribution in [0.1, 0.15) is 79.6 Å². The summed E-state index contributed by atoms with van der Waals surface area (Å²) in [5, 5.41) is -0.521. The predicted molar refractivity (Wildman–Crippen MR) is 109 cm³/mol. The van der Waals surface area contributed by atoms with Crippen LogP contribution >= 0.6 is 0 Å². The zero-order chi connectivity index (χ0) is 20.6. The summed E-state index contributed by atoms with van der Waals surface area (Å²) in [7, 11) is -3.71. The van der Waals surface area contributed by atoms with E-state index in [0.717, 1.165) is 30.2 Å². The van der Waals surface area contributed by atoms with Crippen molar-refractivity contribution in [2.24, 2.45) is 23.7 Å². The van der Waals surface area contributed by atoms with Gasteiger partial charge in [-0.15, -0.1) is 0 Å². The quantitative estimate of drug-likeness (QED) is 0.732. The van der Waals surface area contributed by atoms with Gasteiger partial charge in [-0.3, -0.25) is 4.79 Å². The Morgan fingerprint density at radius 3 is 2.17 bits per heavy atom. The Morgan fingerprint density at radius 2 is 1.60 bits per heavy atom. The topological polar surface area (TPSA) is 72.5 Å². The van der Waals surface area contributed by atoms with Crippen LogP contribution in [0.15, 0.2) is 12.1 Å².